The third kappa shape index (κ3) is 1.63. The van der Waals surface area contributed by atoms with Gasteiger partial charge in [0.05, 0.1) is 5.69 Å². The van der Waals surface area contributed by atoms with Gasteiger partial charge in [0.15, 0.2) is 0 Å². The second-order valence-electron chi connectivity index (χ2n) is 2.28. The maximum atomic E-state index is 12.1. The molecule has 0 spiro atoms. The van der Waals surface area contributed by atoms with Gasteiger partial charge in [-0.3, -0.25) is 0 Å². The molecule has 0 unspecified atom stereocenters. The Morgan fingerprint density at radius 3 is 2.38 bits per heavy atom. The molecule has 72 valence electrons. The van der Waals surface area contributed by atoms with Crippen LogP contribution in [-0.4, -0.2) is 16.2 Å². The zero-order valence-electron chi connectivity index (χ0n) is 6.34. The summed E-state index contributed by atoms with van der Waals surface area (Å²) in [6.07, 6.45) is -4.75. The van der Waals surface area contributed by atoms with Crippen molar-refractivity contribution < 1.29 is 27.6 Å². The Labute approximate surface area is 69.9 Å². The highest BCUT2D eigenvalue weighted by Gasteiger charge is 2.41. The molecule has 0 aliphatic heterocycles. The standard InChI is InChI=1S/C6H4F3NO3/c1-2-3(6(7,8)9)4(5(11)12)13-10-2/h1H3,(H,11,12). The minimum Gasteiger partial charge on any atom is -0.475 e. The second-order valence-corrected chi connectivity index (χ2v) is 2.28. The molecular weight excluding hydrogens is 191 g/mol. The van der Waals surface area contributed by atoms with Crippen LogP contribution in [0.2, 0.25) is 0 Å². The summed E-state index contributed by atoms with van der Waals surface area (Å²) < 4.78 is 40.4. The first-order valence-corrected chi connectivity index (χ1v) is 3.10. The molecule has 7 heteroatoms. The fourth-order valence-electron chi connectivity index (χ4n) is 0.850. The van der Waals surface area contributed by atoms with Crippen LogP contribution in [0.5, 0.6) is 0 Å². The van der Waals surface area contributed by atoms with E-state index in [1.54, 1.807) is 0 Å². The van der Waals surface area contributed by atoms with Crippen LogP contribution in [0.3, 0.4) is 0 Å². The highest BCUT2D eigenvalue weighted by Crippen LogP contribution is 2.34. The zero-order chi connectivity index (χ0) is 10.2. The Kier molecular flexibility index (Phi) is 2.02. The summed E-state index contributed by atoms with van der Waals surface area (Å²) in [5.41, 5.74) is -1.81. The predicted octanol–water partition coefficient (Wildman–Crippen LogP) is 1.70. The van der Waals surface area contributed by atoms with Crippen molar-refractivity contribution in [2.45, 2.75) is 13.1 Å². The molecule has 0 amide bonds. The van der Waals surface area contributed by atoms with Gasteiger partial charge in [-0.2, -0.15) is 13.2 Å². The van der Waals surface area contributed by atoms with Crippen LogP contribution in [0.1, 0.15) is 21.8 Å². The number of rotatable bonds is 1. The minimum absolute atomic E-state index is 0.482. The second kappa shape index (κ2) is 2.75. The molecule has 0 radical (unpaired) electrons. The van der Waals surface area contributed by atoms with Crippen LogP contribution in [0.4, 0.5) is 13.2 Å². The molecular formula is C6H4F3NO3. The number of nitrogens with zero attached hydrogens (tertiary/aromatic N) is 1. The van der Waals surface area contributed by atoms with Gasteiger partial charge in [-0.25, -0.2) is 4.79 Å². The van der Waals surface area contributed by atoms with E-state index in [0.717, 1.165) is 6.92 Å². The summed E-state index contributed by atoms with van der Waals surface area (Å²) in [5.74, 6) is -2.96. The summed E-state index contributed by atoms with van der Waals surface area (Å²) in [4.78, 5) is 10.2. The molecule has 0 aliphatic carbocycles. The predicted molar refractivity (Wildman–Crippen MR) is 33.2 cm³/mol. The molecule has 13 heavy (non-hydrogen) atoms. The fourth-order valence-corrected chi connectivity index (χ4v) is 0.850. The van der Waals surface area contributed by atoms with Crippen molar-refractivity contribution in [3.63, 3.8) is 0 Å². The fraction of sp³-hybridized carbons (Fsp3) is 0.333. The van der Waals surface area contributed by atoms with Gasteiger partial charge >= 0.3 is 12.1 Å². The Hall–Kier alpha value is -1.53. The van der Waals surface area contributed by atoms with E-state index in [1.165, 1.54) is 0 Å². The van der Waals surface area contributed by atoms with Crippen molar-refractivity contribution in [2.24, 2.45) is 0 Å². The van der Waals surface area contributed by atoms with Crippen LogP contribution < -0.4 is 0 Å². The van der Waals surface area contributed by atoms with Gasteiger partial charge in [0, 0.05) is 0 Å². The topological polar surface area (TPSA) is 63.3 Å². The van der Waals surface area contributed by atoms with Crippen LogP contribution in [0, 0.1) is 6.92 Å². The first-order chi connectivity index (χ1) is 5.84. The lowest BCUT2D eigenvalue weighted by Crippen LogP contribution is -2.11. The van der Waals surface area contributed by atoms with E-state index < -0.39 is 29.2 Å². The quantitative estimate of drug-likeness (QED) is 0.740. The van der Waals surface area contributed by atoms with Crippen LogP contribution >= 0.6 is 0 Å². The van der Waals surface area contributed by atoms with Gasteiger partial charge in [0.2, 0.25) is 0 Å². The number of carbonyl (C=O) groups is 1. The lowest BCUT2D eigenvalue weighted by atomic mass is 10.2. The lowest BCUT2D eigenvalue weighted by molar-refractivity contribution is -0.138. The number of carboxylic acids is 1. The van der Waals surface area contributed by atoms with E-state index in [-0.39, 0.29) is 0 Å². The normalized spacial score (nSPS) is 11.7. The van der Waals surface area contributed by atoms with E-state index >= 15 is 0 Å². The average molecular weight is 195 g/mol. The highest BCUT2D eigenvalue weighted by molar-refractivity contribution is 5.86. The van der Waals surface area contributed by atoms with E-state index in [9.17, 15) is 18.0 Å². The summed E-state index contributed by atoms with van der Waals surface area (Å²) in [7, 11) is 0. The molecule has 0 bridgehead atoms. The van der Waals surface area contributed by atoms with Gasteiger partial charge in [-0.05, 0) is 6.92 Å². The van der Waals surface area contributed by atoms with Gasteiger partial charge in [-0.15, -0.1) is 0 Å². The number of carboxylic acid groups (broad SMARTS) is 1. The van der Waals surface area contributed by atoms with Crippen LogP contribution in [0.15, 0.2) is 4.52 Å². The molecule has 1 aromatic rings. The number of aromatic nitrogens is 1. The van der Waals surface area contributed by atoms with E-state index in [4.69, 9.17) is 5.11 Å². The van der Waals surface area contributed by atoms with Crippen molar-refractivity contribution in [3.05, 3.63) is 17.0 Å². The molecule has 0 saturated carbocycles. The third-order valence-electron chi connectivity index (χ3n) is 1.34. The SMILES string of the molecule is Cc1noc(C(=O)O)c1C(F)(F)F. The first kappa shape index (κ1) is 9.56. The Balaban J connectivity index is 3.33. The Morgan fingerprint density at radius 2 is 2.08 bits per heavy atom. The minimum atomic E-state index is -4.75. The van der Waals surface area contributed by atoms with Crippen molar-refractivity contribution in [1.82, 2.24) is 5.16 Å². The lowest BCUT2D eigenvalue weighted by Gasteiger charge is -2.03. The van der Waals surface area contributed by atoms with Crippen molar-refractivity contribution >= 4 is 5.97 Å². The van der Waals surface area contributed by atoms with Crippen LogP contribution in [-0.2, 0) is 6.18 Å². The highest BCUT2D eigenvalue weighted by atomic mass is 19.4. The van der Waals surface area contributed by atoms with Crippen LogP contribution in [0.25, 0.3) is 0 Å². The van der Waals surface area contributed by atoms with E-state index in [2.05, 4.69) is 9.68 Å². The number of hydrogen-bond donors (Lipinski definition) is 1. The summed E-state index contributed by atoms with van der Waals surface area (Å²) in [6.45, 7) is 1.03. The van der Waals surface area contributed by atoms with E-state index in [1.807, 2.05) is 0 Å². The average Bonchev–Trinajstić information content (AvgIpc) is 2.28. The van der Waals surface area contributed by atoms with Crippen molar-refractivity contribution in [1.29, 1.82) is 0 Å². The van der Waals surface area contributed by atoms with Gasteiger partial charge in [-0.1, -0.05) is 5.16 Å². The van der Waals surface area contributed by atoms with Gasteiger partial charge in [0.25, 0.3) is 5.76 Å². The molecule has 0 fully saturated rings. The molecule has 0 saturated heterocycles. The number of alkyl halides is 3. The number of aromatic carboxylic acids is 1. The summed E-state index contributed by atoms with van der Waals surface area (Å²) in [6, 6.07) is 0. The summed E-state index contributed by atoms with van der Waals surface area (Å²) >= 11 is 0. The smallest absolute Gasteiger partial charge is 0.422 e. The molecule has 1 N–H and O–H groups in total. The maximum Gasteiger partial charge on any atom is 0.422 e. The molecule has 0 aromatic carbocycles. The monoisotopic (exact) mass is 195 g/mol. The molecule has 1 heterocycles. The third-order valence-corrected chi connectivity index (χ3v) is 1.34. The van der Waals surface area contributed by atoms with Crippen molar-refractivity contribution in [3.8, 4) is 0 Å². The molecule has 0 aliphatic rings. The molecule has 4 nitrogen and oxygen atoms in total. The number of halogens is 3. The Bertz CT molecular complexity index is 341. The van der Waals surface area contributed by atoms with Gasteiger partial charge < -0.3 is 9.63 Å². The maximum absolute atomic E-state index is 12.1. The van der Waals surface area contributed by atoms with E-state index in [0.29, 0.717) is 0 Å². The first-order valence-electron chi connectivity index (χ1n) is 3.10. The van der Waals surface area contributed by atoms with Gasteiger partial charge in [0.1, 0.15) is 5.56 Å². The zero-order valence-corrected chi connectivity index (χ0v) is 6.34. The molecule has 1 rings (SSSR count). The molecule has 1 aromatic heterocycles. The summed E-state index contributed by atoms with van der Waals surface area (Å²) in [5, 5.41) is 11.2. The molecule has 0 atom stereocenters. The largest absolute Gasteiger partial charge is 0.475 e. The number of aryl methyl sites for hydroxylation is 1. The Morgan fingerprint density at radius 1 is 1.54 bits per heavy atom. The van der Waals surface area contributed by atoms with Crippen molar-refractivity contribution in [2.75, 3.05) is 0 Å². The number of hydrogen-bond acceptors (Lipinski definition) is 3.